The van der Waals surface area contributed by atoms with E-state index in [0.29, 0.717) is 17.9 Å². The fourth-order valence-corrected chi connectivity index (χ4v) is 4.56. The van der Waals surface area contributed by atoms with Gasteiger partial charge >= 0.3 is 0 Å². The first-order valence-corrected chi connectivity index (χ1v) is 10.7. The molecule has 2 heterocycles. The normalized spacial score (nSPS) is 19.0. The highest BCUT2D eigenvalue weighted by Gasteiger charge is 2.37. The first kappa shape index (κ1) is 20.4. The minimum absolute atomic E-state index is 0.0163. The Hall–Kier alpha value is -2.92. The van der Waals surface area contributed by atoms with Crippen LogP contribution in [0, 0.1) is 5.41 Å². The van der Waals surface area contributed by atoms with Crippen molar-refractivity contribution in [3.63, 3.8) is 0 Å². The molecule has 1 aromatic heterocycles. The maximum absolute atomic E-state index is 13.4. The zero-order valence-corrected chi connectivity index (χ0v) is 17.3. The number of aryl methyl sites for hydroxylation is 1. The predicted molar refractivity (Wildman–Crippen MR) is 118 cm³/mol. The van der Waals surface area contributed by atoms with Crippen LogP contribution in [-0.4, -0.2) is 45.6 Å². The Balaban J connectivity index is 1.47. The maximum Gasteiger partial charge on any atom is 0.254 e. The number of H-pyrrole nitrogens is 1. The summed E-state index contributed by atoms with van der Waals surface area (Å²) in [5, 5.41) is 10.3. The van der Waals surface area contributed by atoms with Crippen molar-refractivity contribution in [2.24, 2.45) is 5.41 Å². The van der Waals surface area contributed by atoms with Gasteiger partial charge in [0.25, 0.3) is 5.91 Å². The monoisotopic (exact) mass is 403 g/mol. The molecule has 1 unspecified atom stereocenters. The van der Waals surface area contributed by atoms with Gasteiger partial charge in [0.05, 0.1) is 12.2 Å². The van der Waals surface area contributed by atoms with E-state index < -0.39 is 0 Å². The molecule has 1 amide bonds. The van der Waals surface area contributed by atoms with Gasteiger partial charge in [-0.25, -0.2) is 4.98 Å². The number of aliphatic hydroxyl groups excluding tert-OH is 1. The number of benzene rings is 2. The Labute approximate surface area is 177 Å². The molecule has 0 spiro atoms. The average Bonchev–Trinajstić information content (AvgIpc) is 3.34. The van der Waals surface area contributed by atoms with Crippen molar-refractivity contribution in [1.82, 2.24) is 14.9 Å². The number of amides is 1. The molecule has 0 aliphatic carbocycles. The summed E-state index contributed by atoms with van der Waals surface area (Å²) in [6.45, 7) is 1.45. The summed E-state index contributed by atoms with van der Waals surface area (Å²) in [6, 6.07) is 18.1. The number of piperidine rings is 1. The standard InChI is InChI=1S/C25H29N3O2/c29-19-25(13-6-10-20-8-2-1-3-9-20)14-7-17-28(18-25)24(30)22-12-5-4-11-21(22)23-26-15-16-27-23/h1-5,8-9,11-12,15-16,29H,6-7,10,13-14,17-19H2,(H,26,27). The molecule has 5 nitrogen and oxygen atoms in total. The van der Waals surface area contributed by atoms with Crippen molar-refractivity contribution in [1.29, 1.82) is 0 Å². The SMILES string of the molecule is O=C(c1ccccc1-c1ncc[nH]1)N1CCCC(CO)(CCCc2ccccc2)C1. The molecule has 1 aliphatic heterocycles. The van der Waals surface area contributed by atoms with E-state index in [-0.39, 0.29) is 17.9 Å². The van der Waals surface area contributed by atoms with E-state index in [0.717, 1.165) is 44.2 Å². The third kappa shape index (κ3) is 4.46. The molecular formula is C25H29N3O2. The third-order valence-corrected chi connectivity index (χ3v) is 6.21. The molecule has 3 aromatic rings. The van der Waals surface area contributed by atoms with Crippen molar-refractivity contribution in [3.8, 4) is 11.4 Å². The first-order chi connectivity index (χ1) is 14.7. The van der Waals surface area contributed by atoms with Crippen LogP contribution in [0.15, 0.2) is 67.0 Å². The number of aromatic nitrogens is 2. The number of imidazole rings is 1. The molecule has 1 atom stereocenters. The van der Waals surface area contributed by atoms with Crippen LogP contribution in [0.5, 0.6) is 0 Å². The number of nitrogens with zero attached hydrogens (tertiary/aromatic N) is 2. The summed E-state index contributed by atoms with van der Waals surface area (Å²) in [4.78, 5) is 22.8. The topological polar surface area (TPSA) is 69.2 Å². The zero-order valence-electron chi connectivity index (χ0n) is 17.3. The minimum atomic E-state index is -0.220. The van der Waals surface area contributed by atoms with Gasteiger partial charge in [0.2, 0.25) is 0 Å². The fraction of sp³-hybridized carbons (Fsp3) is 0.360. The molecule has 1 aliphatic rings. The van der Waals surface area contributed by atoms with E-state index in [4.69, 9.17) is 0 Å². The van der Waals surface area contributed by atoms with E-state index in [2.05, 4.69) is 34.2 Å². The molecule has 2 N–H and O–H groups in total. The van der Waals surface area contributed by atoms with E-state index in [9.17, 15) is 9.90 Å². The zero-order chi connectivity index (χ0) is 20.8. The van der Waals surface area contributed by atoms with Crippen molar-refractivity contribution < 1.29 is 9.90 Å². The van der Waals surface area contributed by atoms with Gasteiger partial charge in [-0.2, -0.15) is 0 Å². The Morgan fingerprint density at radius 1 is 1.13 bits per heavy atom. The molecule has 2 aromatic carbocycles. The summed E-state index contributed by atoms with van der Waals surface area (Å²) in [6.07, 6.45) is 8.26. The quantitative estimate of drug-likeness (QED) is 0.617. The Bertz CT molecular complexity index is 956. The third-order valence-electron chi connectivity index (χ3n) is 6.21. The van der Waals surface area contributed by atoms with Crippen LogP contribution in [0.1, 0.15) is 41.6 Å². The van der Waals surface area contributed by atoms with Gasteiger partial charge in [0.1, 0.15) is 5.82 Å². The van der Waals surface area contributed by atoms with E-state index >= 15 is 0 Å². The molecule has 4 rings (SSSR count). The largest absolute Gasteiger partial charge is 0.396 e. The van der Waals surface area contributed by atoms with Gasteiger partial charge < -0.3 is 15.0 Å². The summed E-state index contributed by atoms with van der Waals surface area (Å²) < 4.78 is 0. The van der Waals surface area contributed by atoms with Crippen LogP contribution in [0.4, 0.5) is 0 Å². The maximum atomic E-state index is 13.4. The number of carbonyl (C=O) groups is 1. The Kier molecular flexibility index (Phi) is 6.29. The highest BCUT2D eigenvalue weighted by Crippen LogP contribution is 2.36. The highest BCUT2D eigenvalue weighted by molar-refractivity contribution is 6.00. The highest BCUT2D eigenvalue weighted by atomic mass is 16.3. The molecule has 0 bridgehead atoms. The second kappa shape index (κ2) is 9.26. The van der Waals surface area contributed by atoms with Crippen LogP contribution in [-0.2, 0) is 6.42 Å². The number of hydrogen-bond acceptors (Lipinski definition) is 3. The lowest BCUT2D eigenvalue weighted by atomic mass is 9.76. The second-order valence-electron chi connectivity index (χ2n) is 8.31. The smallest absolute Gasteiger partial charge is 0.254 e. The Morgan fingerprint density at radius 2 is 1.93 bits per heavy atom. The molecule has 1 saturated heterocycles. The molecule has 156 valence electrons. The lowest BCUT2D eigenvalue weighted by Crippen LogP contribution is -2.48. The molecule has 0 saturated carbocycles. The molecule has 1 fully saturated rings. The number of nitrogens with one attached hydrogen (secondary N) is 1. The van der Waals surface area contributed by atoms with E-state index in [1.54, 1.807) is 12.4 Å². The van der Waals surface area contributed by atoms with Crippen LogP contribution >= 0.6 is 0 Å². The lowest BCUT2D eigenvalue weighted by molar-refractivity contribution is 0.0217. The Morgan fingerprint density at radius 3 is 2.70 bits per heavy atom. The summed E-state index contributed by atoms with van der Waals surface area (Å²) >= 11 is 0. The average molecular weight is 404 g/mol. The summed E-state index contributed by atoms with van der Waals surface area (Å²) in [7, 11) is 0. The number of rotatable bonds is 7. The molecule has 5 heteroatoms. The summed E-state index contributed by atoms with van der Waals surface area (Å²) in [5.74, 6) is 0.717. The van der Waals surface area contributed by atoms with Gasteiger partial charge in [-0.1, -0.05) is 48.5 Å². The van der Waals surface area contributed by atoms with Gasteiger partial charge in [-0.05, 0) is 43.7 Å². The van der Waals surface area contributed by atoms with Gasteiger partial charge in [-0.15, -0.1) is 0 Å². The minimum Gasteiger partial charge on any atom is -0.396 e. The summed E-state index contributed by atoms with van der Waals surface area (Å²) in [5.41, 5.74) is 2.58. The molecule has 0 radical (unpaired) electrons. The number of carbonyl (C=O) groups excluding carboxylic acids is 1. The van der Waals surface area contributed by atoms with Gasteiger partial charge in [-0.3, -0.25) is 4.79 Å². The lowest BCUT2D eigenvalue weighted by Gasteiger charge is -2.42. The van der Waals surface area contributed by atoms with Crippen LogP contribution in [0.2, 0.25) is 0 Å². The van der Waals surface area contributed by atoms with Crippen LogP contribution in [0.25, 0.3) is 11.4 Å². The predicted octanol–water partition coefficient (Wildman–Crippen LogP) is 4.31. The van der Waals surface area contributed by atoms with Crippen LogP contribution < -0.4 is 0 Å². The number of hydrogen-bond donors (Lipinski definition) is 2. The second-order valence-corrected chi connectivity index (χ2v) is 8.31. The number of aliphatic hydroxyl groups is 1. The first-order valence-electron chi connectivity index (χ1n) is 10.7. The fourth-order valence-electron chi connectivity index (χ4n) is 4.56. The van der Waals surface area contributed by atoms with Gasteiger partial charge in [0, 0.05) is 36.5 Å². The number of aromatic amines is 1. The van der Waals surface area contributed by atoms with E-state index in [1.165, 1.54) is 5.56 Å². The van der Waals surface area contributed by atoms with Crippen molar-refractivity contribution in [3.05, 3.63) is 78.1 Å². The van der Waals surface area contributed by atoms with Crippen LogP contribution in [0.3, 0.4) is 0 Å². The molecule has 30 heavy (non-hydrogen) atoms. The number of likely N-dealkylation sites (tertiary alicyclic amines) is 1. The van der Waals surface area contributed by atoms with Gasteiger partial charge in [0.15, 0.2) is 0 Å². The van der Waals surface area contributed by atoms with Crippen molar-refractivity contribution in [2.45, 2.75) is 32.1 Å². The van der Waals surface area contributed by atoms with Crippen molar-refractivity contribution >= 4 is 5.91 Å². The molecular weight excluding hydrogens is 374 g/mol. The van der Waals surface area contributed by atoms with E-state index in [1.807, 2.05) is 35.2 Å². The van der Waals surface area contributed by atoms with Crippen molar-refractivity contribution in [2.75, 3.05) is 19.7 Å².